The van der Waals surface area contributed by atoms with Gasteiger partial charge in [-0.05, 0) is 37.1 Å². The Morgan fingerprint density at radius 1 is 1.44 bits per heavy atom. The van der Waals surface area contributed by atoms with Gasteiger partial charge in [-0.25, -0.2) is 0 Å². The van der Waals surface area contributed by atoms with Crippen molar-refractivity contribution in [1.82, 2.24) is 0 Å². The molecule has 0 unspecified atom stereocenters. The van der Waals surface area contributed by atoms with E-state index in [0.29, 0.717) is 0 Å². The van der Waals surface area contributed by atoms with Gasteiger partial charge in [-0.3, -0.25) is 4.79 Å². The largest absolute Gasteiger partial charge is 0.368 e. The van der Waals surface area contributed by atoms with Gasteiger partial charge in [-0.1, -0.05) is 13.0 Å². The first kappa shape index (κ1) is 12.5. The SMILES string of the molecule is C=CCN(CCC)c1ccc(C=O)cc1C. The van der Waals surface area contributed by atoms with Gasteiger partial charge < -0.3 is 4.90 Å². The van der Waals surface area contributed by atoms with Gasteiger partial charge in [0.15, 0.2) is 0 Å². The molecule has 0 saturated heterocycles. The van der Waals surface area contributed by atoms with Gasteiger partial charge >= 0.3 is 0 Å². The summed E-state index contributed by atoms with van der Waals surface area (Å²) in [7, 11) is 0. The van der Waals surface area contributed by atoms with Crippen LogP contribution in [0.25, 0.3) is 0 Å². The van der Waals surface area contributed by atoms with Gasteiger partial charge in [0.25, 0.3) is 0 Å². The lowest BCUT2D eigenvalue weighted by Crippen LogP contribution is -2.24. The van der Waals surface area contributed by atoms with E-state index in [1.807, 2.05) is 31.2 Å². The summed E-state index contributed by atoms with van der Waals surface area (Å²) in [6.45, 7) is 9.82. The van der Waals surface area contributed by atoms with E-state index in [-0.39, 0.29) is 0 Å². The minimum Gasteiger partial charge on any atom is -0.368 e. The molecule has 0 radical (unpaired) electrons. The summed E-state index contributed by atoms with van der Waals surface area (Å²) in [5.74, 6) is 0. The molecule has 0 bridgehead atoms. The maximum atomic E-state index is 10.7. The van der Waals surface area contributed by atoms with Crippen molar-refractivity contribution in [2.75, 3.05) is 18.0 Å². The highest BCUT2D eigenvalue weighted by atomic mass is 16.1. The smallest absolute Gasteiger partial charge is 0.150 e. The highest BCUT2D eigenvalue weighted by Gasteiger charge is 2.07. The maximum Gasteiger partial charge on any atom is 0.150 e. The molecule has 2 heteroatoms. The molecule has 0 amide bonds. The second kappa shape index (κ2) is 6.11. The van der Waals surface area contributed by atoms with Gasteiger partial charge in [0.2, 0.25) is 0 Å². The van der Waals surface area contributed by atoms with Crippen LogP contribution in [0.3, 0.4) is 0 Å². The molecule has 0 aliphatic heterocycles. The highest BCUT2D eigenvalue weighted by Crippen LogP contribution is 2.21. The van der Waals surface area contributed by atoms with Crippen LogP contribution in [0.2, 0.25) is 0 Å². The van der Waals surface area contributed by atoms with Crippen LogP contribution in [0.5, 0.6) is 0 Å². The average molecular weight is 217 g/mol. The van der Waals surface area contributed by atoms with E-state index in [0.717, 1.165) is 36.9 Å². The zero-order valence-corrected chi connectivity index (χ0v) is 10.1. The monoisotopic (exact) mass is 217 g/mol. The summed E-state index contributed by atoms with van der Waals surface area (Å²) in [6, 6.07) is 5.80. The third-order valence-corrected chi connectivity index (χ3v) is 2.54. The van der Waals surface area contributed by atoms with Crippen molar-refractivity contribution in [2.45, 2.75) is 20.3 Å². The summed E-state index contributed by atoms with van der Waals surface area (Å²) in [5.41, 5.74) is 3.06. The summed E-state index contributed by atoms with van der Waals surface area (Å²) < 4.78 is 0. The standard InChI is InChI=1S/C14H19NO/c1-4-8-15(9-5-2)14-7-6-13(11-16)10-12(14)3/h4,6-7,10-11H,1,5,8-9H2,2-3H3. The molecule has 0 fully saturated rings. The van der Waals surface area contributed by atoms with Crippen LogP contribution < -0.4 is 4.90 Å². The van der Waals surface area contributed by atoms with Crippen LogP contribution in [0.1, 0.15) is 29.3 Å². The number of aryl methyl sites for hydroxylation is 1. The molecule has 1 aromatic rings. The lowest BCUT2D eigenvalue weighted by molar-refractivity contribution is 0.112. The van der Waals surface area contributed by atoms with E-state index in [2.05, 4.69) is 18.4 Å². The fourth-order valence-corrected chi connectivity index (χ4v) is 1.84. The van der Waals surface area contributed by atoms with Crippen LogP contribution in [0.15, 0.2) is 30.9 Å². The molecule has 0 saturated carbocycles. The van der Waals surface area contributed by atoms with E-state index in [1.165, 1.54) is 5.69 Å². The molecule has 1 rings (SSSR count). The number of hydrogen-bond acceptors (Lipinski definition) is 2. The zero-order chi connectivity index (χ0) is 12.0. The second-order valence-electron chi connectivity index (χ2n) is 3.90. The lowest BCUT2D eigenvalue weighted by Gasteiger charge is -2.24. The molecule has 1 aromatic carbocycles. The Morgan fingerprint density at radius 2 is 2.19 bits per heavy atom. The molecule has 16 heavy (non-hydrogen) atoms. The Morgan fingerprint density at radius 3 is 2.69 bits per heavy atom. The third kappa shape index (κ3) is 2.96. The van der Waals surface area contributed by atoms with E-state index in [1.54, 1.807) is 0 Å². The van der Waals surface area contributed by atoms with Crippen molar-refractivity contribution < 1.29 is 4.79 Å². The van der Waals surface area contributed by atoms with Crippen molar-refractivity contribution in [1.29, 1.82) is 0 Å². The lowest BCUT2D eigenvalue weighted by atomic mass is 10.1. The van der Waals surface area contributed by atoms with Crippen molar-refractivity contribution >= 4 is 12.0 Å². The number of nitrogens with zero attached hydrogens (tertiary/aromatic N) is 1. The molecule has 2 nitrogen and oxygen atoms in total. The summed E-state index contributed by atoms with van der Waals surface area (Å²) in [5, 5.41) is 0. The number of anilines is 1. The summed E-state index contributed by atoms with van der Waals surface area (Å²) >= 11 is 0. The minimum atomic E-state index is 0.733. The number of carbonyl (C=O) groups excluding carboxylic acids is 1. The van der Waals surface area contributed by atoms with E-state index in [4.69, 9.17) is 0 Å². The molecule has 0 aliphatic carbocycles. The molecule has 86 valence electrons. The average Bonchev–Trinajstić information content (AvgIpc) is 2.29. The third-order valence-electron chi connectivity index (χ3n) is 2.54. The first-order valence-corrected chi connectivity index (χ1v) is 5.64. The molecular weight excluding hydrogens is 198 g/mol. The van der Waals surface area contributed by atoms with Crippen LogP contribution in [0.4, 0.5) is 5.69 Å². The van der Waals surface area contributed by atoms with Gasteiger partial charge in [0.1, 0.15) is 6.29 Å². The van der Waals surface area contributed by atoms with Crippen LogP contribution >= 0.6 is 0 Å². The first-order valence-electron chi connectivity index (χ1n) is 5.64. The highest BCUT2D eigenvalue weighted by molar-refractivity contribution is 5.77. The number of carbonyl (C=O) groups is 1. The predicted molar refractivity (Wildman–Crippen MR) is 69.3 cm³/mol. The Bertz CT molecular complexity index is 371. The molecule has 0 aromatic heterocycles. The molecule has 0 atom stereocenters. The zero-order valence-electron chi connectivity index (χ0n) is 10.1. The Kier molecular flexibility index (Phi) is 4.77. The van der Waals surface area contributed by atoms with Gasteiger partial charge in [0.05, 0.1) is 0 Å². The van der Waals surface area contributed by atoms with E-state index >= 15 is 0 Å². The molecular formula is C14H19NO. The van der Waals surface area contributed by atoms with Gasteiger partial charge in [0, 0.05) is 24.3 Å². The molecule has 0 aliphatic rings. The van der Waals surface area contributed by atoms with Gasteiger partial charge in [-0.2, -0.15) is 0 Å². The topological polar surface area (TPSA) is 20.3 Å². The predicted octanol–water partition coefficient (Wildman–Crippen LogP) is 3.21. The molecule has 0 spiro atoms. The van der Waals surface area contributed by atoms with Crippen LogP contribution in [-0.2, 0) is 0 Å². The fourth-order valence-electron chi connectivity index (χ4n) is 1.84. The number of rotatable bonds is 6. The van der Waals surface area contributed by atoms with Gasteiger partial charge in [-0.15, -0.1) is 6.58 Å². The van der Waals surface area contributed by atoms with Crippen LogP contribution in [0, 0.1) is 6.92 Å². The Hall–Kier alpha value is -1.57. The van der Waals surface area contributed by atoms with Crippen molar-refractivity contribution in [3.05, 3.63) is 42.0 Å². The van der Waals surface area contributed by atoms with E-state index < -0.39 is 0 Å². The summed E-state index contributed by atoms with van der Waals surface area (Å²) in [6.07, 6.45) is 3.89. The second-order valence-corrected chi connectivity index (χ2v) is 3.90. The Labute approximate surface area is 97.6 Å². The molecule has 0 heterocycles. The fraction of sp³-hybridized carbons (Fsp3) is 0.357. The van der Waals surface area contributed by atoms with Crippen molar-refractivity contribution in [3.8, 4) is 0 Å². The van der Waals surface area contributed by atoms with Crippen molar-refractivity contribution in [2.24, 2.45) is 0 Å². The van der Waals surface area contributed by atoms with E-state index in [9.17, 15) is 4.79 Å². The molecule has 0 N–H and O–H groups in total. The first-order chi connectivity index (χ1) is 7.72. The number of benzene rings is 1. The number of hydrogen-bond donors (Lipinski definition) is 0. The maximum absolute atomic E-state index is 10.7. The normalized spacial score (nSPS) is 9.88. The van der Waals surface area contributed by atoms with Crippen molar-refractivity contribution in [3.63, 3.8) is 0 Å². The van der Waals surface area contributed by atoms with Crippen LogP contribution in [-0.4, -0.2) is 19.4 Å². The quantitative estimate of drug-likeness (QED) is 0.538. The summed E-state index contributed by atoms with van der Waals surface area (Å²) in [4.78, 5) is 12.9. The Balaban J connectivity index is 2.99. The minimum absolute atomic E-state index is 0.733. The number of aldehydes is 1.